The Morgan fingerprint density at radius 3 is 2.64 bits per heavy atom. The fourth-order valence-electron chi connectivity index (χ4n) is 3.74. The van der Waals surface area contributed by atoms with E-state index in [-0.39, 0.29) is 12.6 Å². The van der Waals surface area contributed by atoms with E-state index in [2.05, 4.69) is 0 Å². The normalized spacial score (nSPS) is 27.3. The molecular formula is C17H21NO4. The molecule has 1 amide bonds. The third kappa shape index (κ3) is 2.93. The zero-order chi connectivity index (χ0) is 15.5. The van der Waals surface area contributed by atoms with Crippen LogP contribution in [0.3, 0.4) is 0 Å². The monoisotopic (exact) mass is 303 g/mol. The van der Waals surface area contributed by atoms with E-state index in [1.165, 1.54) is 4.90 Å². The van der Waals surface area contributed by atoms with Crippen molar-refractivity contribution in [2.75, 3.05) is 0 Å². The first-order valence-electron chi connectivity index (χ1n) is 7.88. The molecule has 118 valence electrons. The Balaban J connectivity index is 1.69. The number of hydrogen-bond donors (Lipinski definition) is 1. The second kappa shape index (κ2) is 6.38. The fourth-order valence-corrected chi connectivity index (χ4v) is 3.74. The van der Waals surface area contributed by atoms with Crippen LogP contribution in [0.2, 0.25) is 0 Å². The minimum absolute atomic E-state index is 0.0260. The number of amides is 1. The number of hydrogen-bond acceptors (Lipinski definition) is 3. The first-order valence-corrected chi connectivity index (χ1v) is 7.88. The van der Waals surface area contributed by atoms with Crippen LogP contribution in [0.4, 0.5) is 4.79 Å². The Hall–Kier alpha value is -2.04. The van der Waals surface area contributed by atoms with Gasteiger partial charge in [-0.2, -0.15) is 0 Å². The number of carboxylic acids is 1. The van der Waals surface area contributed by atoms with Gasteiger partial charge in [0.1, 0.15) is 12.6 Å². The molecule has 0 radical (unpaired) electrons. The van der Waals surface area contributed by atoms with Crippen molar-refractivity contribution in [3.63, 3.8) is 0 Å². The molecule has 3 atom stereocenters. The Morgan fingerprint density at radius 2 is 1.91 bits per heavy atom. The van der Waals surface area contributed by atoms with Crippen LogP contribution in [0.25, 0.3) is 0 Å². The number of benzene rings is 1. The topological polar surface area (TPSA) is 66.8 Å². The van der Waals surface area contributed by atoms with Crippen molar-refractivity contribution in [1.82, 2.24) is 4.90 Å². The van der Waals surface area contributed by atoms with E-state index in [4.69, 9.17) is 4.74 Å². The number of ether oxygens (including phenoxy) is 1. The van der Waals surface area contributed by atoms with Crippen LogP contribution < -0.4 is 0 Å². The smallest absolute Gasteiger partial charge is 0.411 e. The van der Waals surface area contributed by atoms with Crippen LogP contribution in [0.1, 0.15) is 37.7 Å². The Labute approximate surface area is 129 Å². The molecular weight excluding hydrogens is 282 g/mol. The summed E-state index contributed by atoms with van der Waals surface area (Å²) in [5.41, 5.74) is 0.905. The van der Waals surface area contributed by atoms with Crippen LogP contribution in [0.5, 0.6) is 0 Å². The van der Waals surface area contributed by atoms with Gasteiger partial charge in [-0.1, -0.05) is 43.2 Å². The Bertz CT molecular complexity index is 545. The molecule has 1 N–H and O–H groups in total. The fraction of sp³-hybridized carbons (Fsp3) is 0.529. The van der Waals surface area contributed by atoms with Gasteiger partial charge in [0.2, 0.25) is 0 Å². The van der Waals surface area contributed by atoms with Crippen molar-refractivity contribution in [2.45, 2.75) is 50.8 Å². The number of rotatable bonds is 3. The zero-order valence-electron chi connectivity index (χ0n) is 12.5. The molecule has 22 heavy (non-hydrogen) atoms. The highest BCUT2D eigenvalue weighted by molar-refractivity contribution is 5.81. The second-order valence-corrected chi connectivity index (χ2v) is 6.15. The lowest BCUT2D eigenvalue weighted by atomic mass is 9.85. The molecule has 1 heterocycles. The number of carbonyl (C=O) groups is 2. The van der Waals surface area contributed by atoms with Crippen molar-refractivity contribution in [1.29, 1.82) is 0 Å². The van der Waals surface area contributed by atoms with Gasteiger partial charge in [-0.05, 0) is 30.7 Å². The second-order valence-electron chi connectivity index (χ2n) is 6.15. The third-order valence-electron chi connectivity index (χ3n) is 4.79. The number of carboxylic acid groups (broad SMARTS) is 1. The summed E-state index contributed by atoms with van der Waals surface area (Å²) < 4.78 is 5.37. The molecule has 1 saturated heterocycles. The largest absolute Gasteiger partial charge is 0.480 e. The summed E-state index contributed by atoms with van der Waals surface area (Å²) in [6.07, 6.45) is 4.13. The third-order valence-corrected chi connectivity index (χ3v) is 4.79. The van der Waals surface area contributed by atoms with Gasteiger partial charge in [0.05, 0.1) is 0 Å². The minimum atomic E-state index is -0.925. The van der Waals surface area contributed by atoms with Gasteiger partial charge in [0.25, 0.3) is 0 Å². The number of aliphatic carboxylic acids is 1. The van der Waals surface area contributed by atoms with E-state index in [9.17, 15) is 14.7 Å². The lowest BCUT2D eigenvalue weighted by molar-refractivity contribution is -0.142. The molecule has 1 aliphatic carbocycles. The van der Waals surface area contributed by atoms with Gasteiger partial charge in [-0.25, -0.2) is 9.59 Å². The van der Waals surface area contributed by atoms with E-state index < -0.39 is 18.1 Å². The highest BCUT2D eigenvalue weighted by Crippen LogP contribution is 2.40. The van der Waals surface area contributed by atoms with Gasteiger partial charge in [-0.3, -0.25) is 4.90 Å². The van der Waals surface area contributed by atoms with E-state index in [0.717, 1.165) is 31.2 Å². The molecule has 0 aromatic heterocycles. The van der Waals surface area contributed by atoms with Crippen LogP contribution in [0, 0.1) is 5.92 Å². The summed E-state index contributed by atoms with van der Waals surface area (Å²) in [4.78, 5) is 25.4. The number of likely N-dealkylation sites (tertiary alicyclic amines) is 1. The maximum Gasteiger partial charge on any atom is 0.411 e. The summed E-state index contributed by atoms with van der Waals surface area (Å²) in [6.45, 7) is 0.180. The molecule has 0 spiro atoms. The molecule has 3 rings (SSSR count). The first kappa shape index (κ1) is 14.9. The summed E-state index contributed by atoms with van der Waals surface area (Å²) >= 11 is 0. The van der Waals surface area contributed by atoms with Crippen molar-refractivity contribution < 1.29 is 19.4 Å². The Kier molecular flexibility index (Phi) is 4.32. The molecule has 1 aromatic rings. The zero-order valence-corrected chi connectivity index (χ0v) is 12.5. The van der Waals surface area contributed by atoms with Crippen molar-refractivity contribution in [3.8, 4) is 0 Å². The predicted octanol–water partition coefficient (Wildman–Crippen LogP) is 3.04. The summed E-state index contributed by atoms with van der Waals surface area (Å²) in [5, 5.41) is 9.42. The van der Waals surface area contributed by atoms with Crippen LogP contribution in [-0.2, 0) is 16.1 Å². The van der Waals surface area contributed by atoms with Crippen LogP contribution in [0.15, 0.2) is 30.3 Å². The molecule has 5 heteroatoms. The van der Waals surface area contributed by atoms with E-state index in [1.54, 1.807) is 0 Å². The molecule has 1 aliphatic heterocycles. The molecule has 0 bridgehead atoms. The quantitative estimate of drug-likeness (QED) is 0.932. The maximum absolute atomic E-state index is 12.4. The van der Waals surface area contributed by atoms with Gasteiger partial charge in [-0.15, -0.1) is 0 Å². The standard InChI is InChI=1S/C17H21NO4/c19-16(20)15-10-13-8-4-5-9-14(13)18(15)17(21)22-11-12-6-2-1-3-7-12/h1-3,6-7,13-15H,4-5,8-11H2,(H,19,20)/t13?,14-,15?/m0/s1. The number of fused-ring (bicyclic) bond motifs is 1. The minimum Gasteiger partial charge on any atom is -0.480 e. The van der Waals surface area contributed by atoms with Gasteiger partial charge in [0.15, 0.2) is 0 Å². The van der Waals surface area contributed by atoms with Crippen molar-refractivity contribution >= 4 is 12.1 Å². The van der Waals surface area contributed by atoms with Gasteiger partial charge < -0.3 is 9.84 Å². The molecule has 1 aromatic carbocycles. The van der Waals surface area contributed by atoms with E-state index >= 15 is 0 Å². The Morgan fingerprint density at radius 1 is 1.18 bits per heavy atom. The maximum atomic E-state index is 12.4. The molecule has 2 aliphatic rings. The summed E-state index contributed by atoms with van der Waals surface area (Å²) in [7, 11) is 0. The van der Waals surface area contributed by atoms with Crippen LogP contribution in [-0.4, -0.2) is 34.2 Å². The lowest BCUT2D eigenvalue weighted by Gasteiger charge is -2.32. The van der Waals surface area contributed by atoms with E-state index in [0.29, 0.717) is 12.3 Å². The van der Waals surface area contributed by atoms with Gasteiger partial charge >= 0.3 is 12.1 Å². The highest BCUT2D eigenvalue weighted by Gasteiger charge is 2.48. The highest BCUT2D eigenvalue weighted by atomic mass is 16.6. The van der Waals surface area contributed by atoms with E-state index in [1.807, 2.05) is 30.3 Å². The number of nitrogens with zero attached hydrogens (tertiary/aromatic N) is 1. The predicted molar refractivity (Wildman–Crippen MR) is 80.3 cm³/mol. The average molecular weight is 303 g/mol. The van der Waals surface area contributed by atoms with Crippen molar-refractivity contribution in [3.05, 3.63) is 35.9 Å². The molecule has 2 unspecified atom stereocenters. The summed E-state index contributed by atoms with van der Waals surface area (Å²) in [5.74, 6) is -0.620. The molecule has 5 nitrogen and oxygen atoms in total. The SMILES string of the molecule is O=C(O)C1CC2CCCC[C@@H]2N1C(=O)OCc1ccccc1. The van der Waals surface area contributed by atoms with Crippen molar-refractivity contribution in [2.24, 2.45) is 5.92 Å². The van der Waals surface area contributed by atoms with Gasteiger partial charge in [0, 0.05) is 6.04 Å². The lowest BCUT2D eigenvalue weighted by Crippen LogP contribution is -2.46. The first-order chi connectivity index (χ1) is 10.7. The van der Waals surface area contributed by atoms with Crippen LogP contribution >= 0.6 is 0 Å². The molecule has 1 saturated carbocycles. The summed E-state index contributed by atoms with van der Waals surface area (Å²) in [6, 6.07) is 8.73. The molecule has 2 fully saturated rings. The average Bonchev–Trinajstić information content (AvgIpc) is 2.93. The number of carbonyl (C=O) groups excluding carboxylic acids is 1.